The van der Waals surface area contributed by atoms with Gasteiger partial charge in [-0.25, -0.2) is 4.98 Å². The molecule has 2 aromatic rings. The molecule has 0 unspecified atom stereocenters. The van der Waals surface area contributed by atoms with Crippen LogP contribution in [0.2, 0.25) is 5.02 Å². The molecule has 0 aliphatic heterocycles. The normalized spacial score (nSPS) is 18.1. The van der Waals surface area contributed by atoms with Crippen LogP contribution in [-0.2, 0) is 4.79 Å². The van der Waals surface area contributed by atoms with E-state index >= 15 is 0 Å². The van der Waals surface area contributed by atoms with Crippen molar-refractivity contribution in [3.8, 4) is 11.6 Å². The lowest BCUT2D eigenvalue weighted by Gasteiger charge is -2.26. The minimum atomic E-state index is -0.170. The third-order valence-corrected chi connectivity index (χ3v) is 5.61. The minimum absolute atomic E-state index is 0.000714. The highest BCUT2D eigenvalue weighted by Crippen LogP contribution is 2.40. The number of hydrogen-bond acceptors (Lipinski definition) is 3. The quantitative estimate of drug-likeness (QED) is 0.719. The molecule has 1 aromatic carbocycles. The molecule has 0 saturated heterocycles. The number of rotatable bonds is 6. The van der Waals surface area contributed by atoms with Gasteiger partial charge in [-0.3, -0.25) is 4.79 Å². The first-order valence-electron chi connectivity index (χ1n) is 9.44. The molecule has 5 heteroatoms. The number of aromatic nitrogens is 1. The summed E-state index contributed by atoms with van der Waals surface area (Å²) in [6, 6.07) is 9.80. The summed E-state index contributed by atoms with van der Waals surface area (Å²) in [4.78, 5) is 15.6. The van der Waals surface area contributed by atoms with E-state index in [1.54, 1.807) is 13.1 Å². The second-order valence-corrected chi connectivity index (χ2v) is 7.93. The Labute approximate surface area is 164 Å². The Morgan fingerprint density at radius 2 is 2.11 bits per heavy atom. The van der Waals surface area contributed by atoms with Gasteiger partial charge >= 0.3 is 0 Å². The Morgan fingerprint density at radius 1 is 1.30 bits per heavy atom. The van der Waals surface area contributed by atoms with Crippen molar-refractivity contribution in [1.29, 1.82) is 0 Å². The standard InChI is InChI=1S/C22H23ClN2O2/c1-15(26)25-22(11-12-22)10-9-16-5-8-21(24-14-16)27-20-7-6-18(13-19(20)23)17-3-2-4-17/h5-10,13-14,17H,2-4,11-12H2,1H3,(H,25,26)/b10-9+. The molecule has 4 rings (SSSR count). The molecule has 140 valence electrons. The summed E-state index contributed by atoms with van der Waals surface area (Å²) >= 11 is 6.39. The molecule has 1 amide bonds. The molecule has 2 aliphatic carbocycles. The van der Waals surface area contributed by atoms with E-state index in [0.717, 1.165) is 18.4 Å². The predicted octanol–water partition coefficient (Wildman–Crippen LogP) is 5.48. The number of ether oxygens (including phenoxy) is 1. The van der Waals surface area contributed by atoms with Crippen molar-refractivity contribution in [3.05, 3.63) is 58.8 Å². The van der Waals surface area contributed by atoms with Gasteiger partial charge in [-0.1, -0.05) is 36.2 Å². The van der Waals surface area contributed by atoms with Crippen LogP contribution >= 0.6 is 11.6 Å². The molecule has 1 heterocycles. The fourth-order valence-electron chi connectivity index (χ4n) is 3.33. The third kappa shape index (κ3) is 4.33. The average molecular weight is 383 g/mol. The highest BCUT2D eigenvalue weighted by atomic mass is 35.5. The van der Waals surface area contributed by atoms with Gasteiger partial charge in [-0.05, 0) is 60.9 Å². The van der Waals surface area contributed by atoms with Crippen molar-refractivity contribution in [3.63, 3.8) is 0 Å². The maximum absolute atomic E-state index is 11.3. The average Bonchev–Trinajstić information content (AvgIpc) is 3.34. The highest BCUT2D eigenvalue weighted by molar-refractivity contribution is 6.32. The van der Waals surface area contributed by atoms with Crippen LogP contribution in [0.5, 0.6) is 11.6 Å². The van der Waals surface area contributed by atoms with Gasteiger partial charge in [0.1, 0.15) is 5.75 Å². The van der Waals surface area contributed by atoms with E-state index in [4.69, 9.17) is 16.3 Å². The largest absolute Gasteiger partial charge is 0.437 e. The van der Waals surface area contributed by atoms with Gasteiger partial charge in [0.2, 0.25) is 11.8 Å². The number of benzene rings is 1. The topological polar surface area (TPSA) is 51.2 Å². The van der Waals surface area contributed by atoms with Crippen molar-refractivity contribution in [2.24, 2.45) is 0 Å². The van der Waals surface area contributed by atoms with Gasteiger partial charge in [-0.15, -0.1) is 0 Å². The van der Waals surface area contributed by atoms with Crippen molar-refractivity contribution < 1.29 is 9.53 Å². The van der Waals surface area contributed by atoms with E-state index in [2.05, 4.69) is 16.4 Å². The van der Waals surface area contributed by atoms with E-state index < -0.39 is 0 Å². The second-order valence-electron chi connectivity index (χ2n) is 7.52. The molecule has 0 radical (unpaired) electrons. The van der Waals surface area contributed by atoms with Crippen molar-refractivity contribution in [1.82, 2.24) is 10.3 Å². The summed E-state index contributed by atoms with van der Waals surface area (Å²) in [5.74, 6) is 1.78. The van der Waals surface area contributed by atoms with E-state index in [1.807, 2.05) is 36.4 Å². The lowest BCUT2D eigenvalue weighted by molar-refractivity contribution is -0.119. The zero-order valence-electron chi connectivity index (χ0n) is 15.4. The van der Waals surface area contributed by atoms with Gasteiger partial charge in [0.05, 0.1) is 10.6 Å². The molecule has 0 atom stereocenters. The Bertz CT molecular complexity index is 868. The lowest BCUT2D eigenvalue weighted by Crippen LogP contribution is -2.33. The van der Waals surface area contributed by atoms with Gasteiger partial charge in [0.15, 0.2) is 0 Å². The fourth-order valence-corrected chi connectivity index (χ4v) is 3.56. The van der Waals surface area contributed by atoms with Crippen LogP contribution in [0.1, 0.15) is 56.1 Å². The Balaban J connectivity index is 1.40. The van der Waals surface area contributed by atoms with E-state index in [-0.39, 0.29) is 11.4 Å². The number of carbonyl (C=O) groups is 1. The molecular weight excluding hydrogens is 360 g/mol. The van der Waals surface area contributed by atoms with Crippen LogP contribution < -0.4 is 10.1 Å². The van der Waals surface area contributed by atoms with E-state index in [1.165, 1.54) is 24.8 Å². The van der Waals surface area contributed by atoms with Crippen molar-refractivity contribution >= 4 is 23.6 Å². The minimum Gasteiger partial charge on any atom is -0.437 e. The van der Waals surface area contributed by atoms with E-state index in [9.17, 15) is 4.79 Å². The number of carbonyl (C=O) groups excluding carboxylic acids is 1. The maximum atomic E-state index is 11.3. The zero-order chi connectivity index (χ0) is 18.9. The van der Waals surface area contributed by atoms with Crippen LogP contribution in [-0.4, -0.2) is 16.4 Å². The summed E-state index contributed by atoms with van der Waals surface area (Å²) in [5, 5.41) is 3.61. The summed E-state index contributed by atoms with van der Waals surface area (Å²) in [6.45, 7) is 1.55. The van der Waals surface area contributed by atoms with Gasteiger partial charge in [-0.2, -0.15) is 0 Å². The predicted molar refractivity (Wildman–Crippen MR) is 107 cm³/mol. The van der Waals surface area contributed by atoms with Crippen LogP contribution in [0.25, 0.3) is 6.08 Å². The number of hydrogen-bond donors (Lipinski definition) is 1. The molecule has 1 N–H and O–H groups in total. The summed E-state index contributed by atoms with van der Waals surface area (Å²) in [6.07, 6.45) is 11.5. The lowest BCUT2D eigenvalue weighted by atomic mass is 9.80. The number of nitrogens with zero attached hydrogens (tertiary/aromatic N) is 1. The van der Waals surface area contributed by atoms with Gasteiger partial charge in [0, 0.05) is 19.2 Å². The molecule has 27 heavy (non-hydrogen) atoms. The Hall–Kier alpha value is -2.33. The molecule has 2 fully saturated rings. The SMILES string of the molecule is CC(=O)NC1(/C=C/c2ccc(Oc3ccc(C4CCC4)cc3Cl)nc2)CC1. The van der Waals surface area contributed by atoms with Crippen LogP contribution in [0.3, 0.4) is 0 Å². The van der Waals surface area contributed by atoms with Crippen molar-refractivity contribution in [2.45, 2.75) is 50.5 Å². The molecular formula is C22H23ClN2O2. The van der Waals surface area contributed by atoms with E-state index in [0.29, 0.717) is 22.6 Å². The molecule has 4 nitrogen and oxygen atoms in total. The third-order valence-electron chi connectivity index (χ3n) is 5.31. The molecule has 2 saturated carbocycles. The summed E-state index contributed by atoms with van der Waals surface area (Å²) in [5.41, 5.74) is 2.09. The summed E-state index contributed by atoms with van der Waals surface area (Å²) in [7, 11) is 0. The zero-order valence-corrected chi connectivity index (χ0v) is 16.1. The first-order chi connectivity index (χ1) is 13.0. The second kappa shape index (κ2) is 7.35. The number of nitrogens with one attached hydrogen (secondary N) is 1. The smallest absolute Gasteiger partial charge is 0.219 e. The maximum Gasteiger partial charge on any atom is 0.219 e. The first-order valence-corrected chi connectivity index (χ1v) is 9.82. The number of amides is 1. The summed E-state index contributed by atoms with van der Waals surface area (Å²) < 4.78 is 5.84. The highest BCUT2D eigenvalue weighted by Gasteiger charge is 2.40. The van der Waals surface area contributed by atoms with Crippen molar-refractivity contribution in [2.75, 3.05) is 0 Å². The Morgan fingerprint density at radius 3 is 2.67 bits per heavy atom. The Kier molecular flexibility index (Phi) is 4.92. The van der Waals surface area contributed by atoms with Gasteiger partial charge < -0.3 is 10.1 Å². The number of pyridine rings is 1. The monoisotopic (exact) mass is 382 g/mol. The molecule has 2 aliphatic rings. The molecule has 0 bridgehead atoms. The van der Waals surface area contributed by atoms with Crippen LogP contribution in [0, 0.1) is 0 Å². The molecule has 0 spiro atoms. The van der Waals surface area contributed by atoms with Crippen LogP contribution in [0.4, 0.5) is 0 Å². The fraction of sp³-hybridized carbons (Fsp3) is 0.364. The van der Waals surface area contributed by atoms with Gasteiger partial charge in [0.25, 0.3) is 0 Å². The first kappa shape index (κ1) is 18.1. The van der Waals surface area contributed by atoms with Crippen LogP contribution in [0.15, 0.2) is 42.6 Å². The molecule has 1 aromatic heterocycles. The number of halogens is 1.